The van der Waals surface area contributed by atoms with Gasteiger partial charge in [0.15, 0.2) is 11.5 Å². The average Bonchev–Trinajstić information content (AvgIpc) is 2.70. The summed E-state index contributed by atoms with van der Waals surface area (Å²) in [6.45, 7) is 3.04. The lowest BCUT2D eigenvalue weighted by Gasteiger charge is -2.11. The first kappa shape index (κ1) is 24.1. The zero-order valence-corrected chi connectivity index (χ0v) is 18.5. The van der Waals surface area contributed by atoms with Crippen molar-refractivity contribution in [3.05, 3.63) is 23.8 Å². The molecule has 0 spiro atoms. The molecule has 156 valence electrons. The molecule has 27 heavy (non-hydrogen) atoms. The van der Waals surface area contributed by atoms with E-state index in [0.29, 0.717) is 5.88 Å². The van der Waals surface area contributed by atoms with Gasteiger partial charge in [-0.15, -0.1) is 11.6 Å². The summed E-state index contributed by atoms with van der Waals surface area (Å²) in [7, 11) is 1.67. The van der Waals surface area contributed by atoms with Crippen molar-refractivity contribution < 1.29 is 9.47 Å². The van der Waals surface area contributed by atoms with E-state index >= 15 is 0 Å². The van der Waals surface area contributed by atoms with E-state index < -0.39 is 0 Å². The van der Waals surface area contributed by atoms with Crippen LogP contribution < -0.4 is 9.47 Å². The third-order valence-corrected chi connectivity index (χ3v) is 5.45. The van der Waals surface area contributed by atoms with Crippen LogP contribution in [0.15, 0.2) is 18.2 Å². The second kappa shape index (κ2) is 17.2. The van der Waals surface area contributed by atoms with Gasteiger partial charge in [0.1, 0.15) is 0 Å². The normalized spacial score (nSPS) is 10.9. The molecule has 0 saturated carbocycles. The summed E-state index contributed by atoms with van der Waals surface area (Å²) in [5, 5.41) is 0. The second-order valence-electron chi connectivity index (χ2n) is 7.56. The molecule has 0 aliphatic rings. The summed E-state index contributed by atoms with van der Waals surface area (Å²) in [4.78, 5) is 0. The maximum Gasteiger partial charge on any atom is 0.161 e. The predicted molar refractivity (Wildman–Crippen MR) is 118 cm³/mol. The lowest BCUT2D eigenvalue weighted by Crippen LogP contribution is -2.00. The van der Waals surface area contributed by atoms with Crippen LogP contribution in [0.4, 0.5) is 0 Å². The molecule has 1 aromatic rings. The van der Waals surface area contributed by atoms with Gasteiger partial charge in [-0.1, -0.05) is 96.5 Å². The fourth-order valence-electron chi connectivity index (χ4n) is 3.39. The van der Waals surface area contributed by atoms with Gasteiger partial charge in [0.25, 0.3) is 0 Å². The fraction of sp³-hybridized carbons (Fsp3) is 0.750. The maximum absolute atomic E-state index is 5.87. The number of ether oxygens (including phenoxy) is 2. The summed E-state index contributed by atoms with van der Waals surface area (Å²) in [5.74, 6) is 2.09. The van der Waals surface area contributed by atoms with E-state index in [0.717, 1.165) is 30.1 Å². The molecule has 0 bridgehead atoms. The maximum atomic E-state index is 5.87. The molecule has 0 N–H and O–H groups in total. The molecule has 1 aromatic carbocycles. The van der Waals surface area contributed by atoms with Crippen molar-refractivity contribution in [3.8, 4) is 11.5 Å². The van der Waals surface area contributed by atoms with Crippen LogP contribution in [0.2, 0.25) is 0 Å². The van der Waals surface area contributed by atoms with Crippen LogP contribution in [0, 0.1) is 0 Å². The van der Waals surface area contributed by atoms with Gasteiger partial charge in [-0.05, 0) is 24.1 Å². The molecule has 0 heterocycles. The lowest BCUT2D eigenvalue weighted by molar-refractivity contribution is 0.284. The molecular formula is C24H41ClO2. The number of hydrogen-bond acceptors (Lipinski definition) is 2. The van der Waals surface area contributed by atoms with Crippen molar-refractivity contribution >= 4 is 11.6 Å². The molecule has 0 fully saturated rings. The highest BCUT2D eigenvalue weighted by Crippen LogP contribution is 2.28. The van der Waals surface area contributed by atoms with Crippen molar-refractivity contribution in [3.63, 3.8) is 0 Å². The van der Waals surface area contributed by atoms with Crippen molar-refractivity contribution in [1.82, 2.24) is 0 Å². The largest absolute Gasteiger partial charge is 0.493 e. The summed E-state index contributed by atoms with van der Waals surface area (Å²) in [6.07, 6.45) is 19.2. The van der Waals surface area contributed by atoms with Gasteiger partial charge in [0, 0.05) is 5.88 Å². The lowest BCUT2D eigenvalue weighted by atomic mass is 10.0. The number of alkyl halides is 1. The van der Waals surface area contributed by atoms with E-state index in [4.69, 9.17) is 21.1 Å². The molecule has 0 aliphatic carbocycles. The molecule has 3 heteroatoms. The van der Waals surface area contributed by atoms with E-state index in [1.54, 1.807) is 7.11 Å². The number of hydrogen-bond donors (Lipinski definition) is 0. The first-order chi connectivity index (χ1) is 13.3. The number of benzene rings is 1. The summed E-state index contributed by atoms with van der Waals surface area (Å²) >= 11 is 5.86. The number of halogens is 1. The van der Waals surface area contributed by atoms with E-state index in [-0.39, 0.29) is 0 Å². The Bertz CT molecular complexity index is 462. The second-order valence-corrected chi connectivity index (χ2v) is 7.83. The quantitative estimate of drug-likeness (QED) is 0.183. The minimum absolute atomic E-state index is 0.496. The summed E-state index contributed by atoms with van der Waals surface area (Å²) in [5.41, 5.74) is 1.05. The minimum Gasteiger partial charge on any atom is -0.493 e. The summed E-state index contributed by atoms with van der Waals surface area (Å²) < 4.78 is 11.2. The molecular weight excluding hydrogens is 356 g/mol. The Morgan fingerprint density at radius 1 is 0.704 bits per heavy atom. The SMILES string of the molecule is CCCCCCCCCCCCCCCCOc1ccc(CCl)cc1OC. The Morgan fingerprint density at radius 2 is 1.22 bits per heavy atom. The smallest absolute Gasteiger partial charge is 0.161 e. The third kappa shape index (κ3) is 12.2. The fourth-order valence-corrected chi connectivity index (χ4v) is 3.56. The van der Waals surface area contributed by atoms with Crippen LogP contribution in [0.3, 0.4) is 0 Å². The molecule has 0 aliphatic heterocycles. The zero-order chi connectivity index (χ0) is 19.6. The van der Waals surface area contributed by atoms with Crippen LogP contribution in [-0.4, -0.2) is 13.7 Å². The molecule has 0 amide bonds. The van der Waals surface area contributed by atoms with Crippen LogP contribution in [0.25, 0.3) is 0 Å². The van der Waals surface area contributed by atoms with Crippen LogP contribution in [-0.2, 0) is 5.88 Å². The predicted octanol–water partition coefficient (Wildman–Crippen LogP) is 8.29. The Morgan fingerprint density at radius 3 is 1.70 bits per heavy atom. The minimum atomic E-state index is 0.496. The van der Waals surface area contributed by atoms with Crippen LogP contribution in [0.1, 0.15) is 102 Å². The van der Waals surface area contributed by atoms with Gasteiger partial charge >= 0.3 is 0 Å². The van der Waals surface area contributed by atoms with Gasteiger partial charge in [-0.25, -0.2) is 0 Å². The zero-order valence-electron chi connectivity index (χ0n) is 17.7. The van der Waals surface area contributed by atoms with Crippen molar-refractivity contribution in [2.75, 3.05) is 13.7 Å². The van der Waals surface area contributed by atoms with Gasteiger partial charge in [-0.3, -0.25) is 0 Å². The topological polar surface area (TPSA) is 18.5 Å². The van der Waals surface area contributed by atoms with Gasteiger partial charge < -0.3 is 9.47 Å². The van der Waals surface area contributed by atoms with E-state index in [1.165, 1.54) is 83.5 Å². The van der Waals surface area contributed by atoms with E-state index in [1.807, 2.05) is 18.2 Å². The van der Waals surface area contributed by atoms with Crippen molar-refractivity contribution in [2.24, 2.45) is 0 Å². The highest BCUT2D eigenvalue weighted by atomic mass is 35.5. The molecule has 0 atom stereocenters. The highest BCUT2D eigenvalue weighted by Gasteiger charge is 2.05. The first-order valence-corrected chi connectivity index (χ1v) is 11.7. The molecule has 1 rings (SSSR count). The first-order valence-electron chi connectivity index (χ1n) is 11.2. The van der Waals surface area contributed by atoms with E-state index in [9.17, 15) is 0 Å². The molecule has 2 nitrogen and oxygen atoms in total. The Kier molecular flexibility index (Phi) is 15.4. The van der Waals surface area contributed by atoms with Crippen LogP contribution >= 0.6 is 11.6 Å². The van der Waals surface area contributed by atoms with Crippen LogP contribution in [0.5, 0.6) is 11.5 Å². The number of methoxy groups -OCH3 is 1. The third-order valence-electron chi connectivity index (χ3n) is 5.14. The Labute approximate surface area is 173 Å². The van der Waals surface area contributed by atoms with Gasteiger partial charge in [0.2, 0.25) is 0 Å². The van der Waals surface area contributed by atoms with Crippen molar-refractivity contribution in [2.45, 2.75) is 103 Å². The van der Waals surface area contributed by atoms with Crippen molar-refractivity contribution in [1.29, 1.82) is 0 Å². The molecule has 0 unspecified atom stereocenters. The van der Waals surface area contributed by atoms with E-state index in [2.05, 4.69) is 6.92 Å². The molecule has 0 aromatic heterocycles. The highest BCUT2D eigenvalue weighted by molar-refractivity contribution is 6.17. The van der Waals surface area contributed by atoms with Gasteiger partial charge in [-0.2, -0.15) is 0 Å². The van der Waals surface area contributed by atoms with Gasteiger partial charge in [0.05, 0.1) is 13.7 Å². The number of unbranched alkanes of at least 4 members (excludes halogenated alkanes) is 13. The standard InChI is InChI=1S/C24H41ClO2/c1-3-4-5-6-7-8-9-10-11-12-13-14-15-16-19-27-23-18-17-22(21-25)20-24(23)26-2/h17-18,20H,3-16,19,21H2,1-2H3. The summed E-state index contributed by atoms with van der Waals surface area (Å²) in [6, 6.07) is 5.91. The Hall–Kier alpha value is -0.890. The molecule has 0 saturated heterocycles. The number of rotatable bonds is 18. The average molecular weight is 397 g/mol. The monoisotopic (exact) mass is 396 g/mol. The molecule has 0 radical (unpaired) electrons. The Balaban J connectivity index is 1.91.